The van der Waals surface area contributed by atoms with Crippen LogP contribution in [0.15, 0.2) is 58.9 Å². The summed E-state index contributed by atoms with van der Waals surface area (Å²) < 4.78 is 32.6. The molecule has 1 N–H and O–H groups in total. The van der Waals surface area contributed by atoms with Gasteiger partial charge in [0.15, 0.2) is 4.34 Å². The number of hydrogen-bond donors (Lipinski definition) is 1. The van der Waals surface area contributed by atoms with Crippen LogP contribution >= 0.6 is 23.1 Å². The molecule has 3 aromatic rings. The van der Waals surface area contributed by atoms with Gasteiger partial charge in [-0.2, -0.15) is 0 Å². The Morgan fingerprint density at radius 3 is 2.25 bits per heavy atom. The first kappa shape index (κ1) is 24.0. The summed E-state index contributed by atoms with van der Waals surface area (Å²) in [6.45, 7) is 5.59. The Bertz CT molecular complexity index is 1150. The summed E-state index contributed by atoms with van der Waals surface area (Å²) in [4.78, 5) is 12.8. The number of nitrogens with zero attached hydrogens (tertiary/aromatic N) is 3. The van der Waals surface area contributed by atoms with E-state index in [1.54, 1.807) is 24.3 Å². The topological polar surface area (TPSA) is 101 Å². The van der Waals surface area contributed by atoms with Crippen molar-refractivity contribution in [2.75, 3.05) is 15.9 Å². The number of carbonyl (C=O) groups excluding carboxylic acids is 1. The zero-order valence-electron chi connectivity index (χ0n) is 18.1. The van der Waals surface area contributed by atoms with E-state index in [9.17, 15) is 13.2 Å². The molecule has 0 radical (unpaired) electrons. The summed E-state index contributed by atoms with van der Waals surface area (Å²) in [6.07, 6.45) is 1.06. The van der Waals surface area contributed by atoms with Crippen LogP contribution in [0.1, 0.15) is 20.8 Å². The Morgan fingerprint density at radius 2 is 1.66 bits per heavy atom. The van der Waals surface area contributed by atoms with Crippen molar-refractivity contribution in [1.29, 1.82) is 0 Å². The summed E-state index contributed by atoms with van der Waals surface area (Å²) in [7, 11) is -3.74. The normalized spacial score (nSPS) is 12.4. The van der Waals surface area contributed by atoms with Gasteiger partial charge in [-0.15, -0.1) is 10.2 Å². The summed E-state index contributed by atoms with van der Waals surface area (Å²) in [5, 5.41) is 11.3. The first-order valence-electron chi connectivity index (χ1n) is 9.77. The van der Waals surface area contributed by atoms with Crippen molar-refractivity contribution in [3.05, 3.63) is 54.6 Å². The molecule has 32 heavy (non-hydrogen) atoms. The van der Waals surface area contributed by atoms with Crippen molar-refractivity contribution in [2.24, 2.45) is 0 Å². The molecule has 1 aromatic heterocycles. The van der Waals surface area contributed by atoms with Crippen LogP contribution in [-0.4, -0.2) is 42.1 Å². The SMILES string of the molecule is CC(C)Sc1nnc(NC(=O)[C@@H](C)N(c2ccc(Oc3ccccc3)cc2)S(C)(=O)=O)s1. The van der Waals surface area contributed by atoms with Gasteiger partial charge >= 0.3 is 0 Å². The molecule has 0 aliphatic heterocycles. The van der Waals surface area contributed by atoms with Gasteiger partial charge in [0.25, 0.3) is 0 Å². The zero-order valence-corrected chi connectivity index (χ0v) is 20.5. The van der Waals surface area contributed by atoms with Gasteiger partial charge in [-0.1, -0.05) is 55.1 Å². The van der Waals surface area contributed by atoms with Crippen molar-refractivity contribution < 1.29 is 17.9 Å². The minimum atomic E-state index is -3.74. The fourth-order valence-corrected chi connectivity index (χ4v) is 5.97. The molecule has 0 unspecified atom stereocenters. The van der Waals surface area contributed by atoms with Gasteiger partial charge < -0.3 is 4.74 Å². The zero-order chi connectivity index (χ0) is 23.3. The van der Waals surface area contributed by atoms with Crippen molar-refractivity contribution in [1.82, 2.24) is 10.2 Å². The molecule has 11 heteroatoms. The molecule has 2 aromatic carbocycles. The number of thioether (sulfide) groups is 1. The first-order chi connectivity index (χ1) is 15.1. The van der Waals surface area contributed by atoms with Crippen LogP contribution in [0.2, 0.25) is 0 Å². The lowest BCUT2D eigenvalue weighted by Gasteiger charge is -2.28. The molecule has 0 aliphatic rings. The van der Waals surface area contributed by atoms with E-state index < -0.39 is 22.0 Å². The summed E-state index contributed by atoms with van der Waals surface area (Å²) in [5.74, 6) is 0.715. The van der Waals surface area contributed by atoms with Crippen LogP contribution in [0.25, 0.3) is 0 Å². The molecule has 1 atom stereocenters. The van der Waals surface area contributed by atoms with E-state index in [4.69, 9.17) is 4.74 Å². The molecule has 1 heterocycles. The highest BCUT2D eigenvalue weighted by Crippen LogP contribution is 2.30. The molecule has 0 saturated carbocycles. The summed E-state index contributed by atoms with van der Waals surface area (Å²) in [6, 6.07) is 14.8. The fraction of sp³-hybridized carbons (Fsp3) is 0.286. The van der Waals surface area contributed by atoms with E-state index in [1.807, 2.05) is 44.2 Å². The quantitative estimate of drug-likeness (QED) is 0.343. The Morgan fingerprint density at radius 1 is 1.03 bits per heavy atom. The van der Waals surface area contributed by atoms with Crippen molar-refractivity contribution in [3.8, 4) is 11.5 Å². The van der Waals surface area contributed by atoms with Crippen molar-refractivity contribution in [3.63, 3.8) is 0 Å². The van der Waals surface area contributed by atoms with Gasteiger partial charge in [0.2, 0.25) is 21.1 Å². The predicted octanol–water partition coefficient (Wildman–Crippen LogP) is 4.62. The van der Waals surface area contributed by atoms with Crippen LogP contribution < -0.4 is 14.4 Å². The van der Waals surface area contributed by atoms with E-state index >= 15 is 0 Å². The van der Waals surface area contributed by atoms with Crippen LogP contribution in [0.3, 0.4) is 0 Å². The van der Waals surface area contributed by atoms with Gasteiger partial charge in [-0.05, 0) is 43.3 Å². The second-order valence-corrected chi connectivity index (χ2v) is 11.8. The molecular formula is C21H24N4O4S3. The van der Waals surface area contributed by atoms with E-state index in [0.29, 0.717) is 27.6 Å². The maximum atomic E-state index is 12.8. The number of hydrogen-bond acceptors (Lipinski definition) is 8. The van der Waals surface area contributed by atoms with Gasteiger partial charge in [0, 0.05) is 5.25 Å². The van der Waals surface area contributed by atoms with Crippen LogP contribution in [0.5, 0.6) is 11.5 Å². The minimum Gasteiger partial charge on any atom is -0.457 e. The molecule has 0 bridgehead atoms. The van der Waals surface area contributed by atoms with Gasteiger partial charge in [-0.3, -0.25) is 14.4 Å². The molecule has 0 aliphatic carbocycles. The van der Waals surface area contributed by atoms with Gasteiger partial charge in [0.1, 0.15) is 17.5 Å². The molecule has 170 valence electrons. The van der Waals surface area contributed by atoms with Gasteiger partial charge in [-0.25, -0.2) is 8.42 Å². The average molecular weight is 493 g/mol. The number of anilines is 2. The number of para-hydroxylation sites is 1. The molecule has 1 amide bonds. The lowest BCUT2D eigenvalue weighted by molar-refractivity contribution is -0.116. The Labute approximate surface area is 196 Å². The minimum absolute atomic E-state index is 0.324. The van der Waals surface area contributed by atoms with E-state index in [0.717, 1.165) is 14.9 Å². The molecule has 0 spiro atoms. The summed E-state index contributed by atoms with van der Waals surface area (Å²) >= 11 is 2.79. The Hall–Kier alpha value is -2.63. The predicted molar refractivity (Wildman–Crippen MR) is 129 cm³/mol. The first-order valence-corrected chi connectivity index (χ1v) is 13.3. The van der Waals surface area contributed by atoms with E-state index in [2.05, 4.69) is 15.5 Å². The highest BCUT2D eigenvalue weighted by molar-refractivity contribution is 8.01. The van der Waals surface area contributed by atoms with E-state index in [-0.39, 0.29) is 0 Å². The lowest BCUT2D eigenvalue weighted by Crippen LogP contribution is -2.45. The number of amides is 1. The maximum absolute atomic E-state index is 12.8. The standard InChI is InChI=1S/C21H24N4O4S3/c1-14(2)30-21-24-23-20(31-21)22-19(26)15(3)25(32(4,27)28)16-10-12-18(13-11-16)29-17-8-6-5-7-9-17/h5-15H,1-4H3,(H,22,23,26)/t15-/m1/s1. The molecule has 3 rings (SSSR count). The third kappa shape index (κ3) is 6.44. The monoisotopic (exact) mass is 492 g/mol. The van der Waals surface area contributed by atoms with E-state index in [1.165, 1.54) is 30.0 Å². The number of nitrogens with one attached hydrogen (secondary N) is 1. The third-order valence-electron chi connectivity index (χ3n) is 4.13. The smallest absolute Gasteiger partial charge is 0.249 e. The average Bonchev–Trinajstić information content (AvgIpc) is 3.15. The van der Waals surface area contributed by atoms with Crippen LogP contribution in [0.4, 0.5) is 10.8 Å². The lowest BCUT2D eigenvalue weighted by atomic mass is 10.2. The Balaban J connectivity index is 1.75. The number of sulfonamides is 1. The maximum Gasteiger partial charge on any atom is 0.249 e. The number of aromatic nitrogens is 2. The molecule has 0 saturated heterocycles. The molecule has 0 fully saturated rings. The molecule has 8 nitrogen and oxygen atoms in total. The second-order valence-electron chi connectivity index (χ2n) is 7.17. The van der Waals surface area contributed by atoms with Gasteiger partial charge in [0.05, 0.1) is 11.9 Å². The van der Waals surface area contributed by atoms with Crippen molar-refractivity contribution >= 4 is 49.8 Å². The second kappa shape index (κ2) is 10.3. The van der Waals surface area contributed by atoms with Crippen molar-refractivity contribution in [2.45, 2.75) is 36.4 Å². The fourth-order valence-electron chi connectivity index (χ4n) is 2.81. The highest BCUT2D eigenvalue weighted by atomic mass is 32.2. The number of benzene rings is 2. The van der Waals surface area contributed by atoms with Crippen LogP contribution in [-0.2, 0) is 14.8 Å². The molecular weight excluding hydrogens is 468 g/mol. The Kier molecular flexibility index (Phi) is 7.75. The number of ether oxygens (including phenoxy) is 1. The number of rotatable bonds is 9. The summed E-state index contributed by atoms with van der Waals surface area (Å²) in [5.41, 5.74) is 0.351. The number of carbonyl (C=O) groups is 1. The largest absolute Gasteiger partial charge is 0.457 e. The highest BCUT2D eigenvalue weighted by Gasteiger charge is 2.30. The van der Waals surface area contributed by atoms with Crippen LogP contribution in [0, 0.1) is 0 Å². The third-order valence-corrected chi connectivity index (χ3v) is 7.30.